The molecule has 0 aliphatic carbocycles. The summed E-state index contributed by atoms with van der Waals surface area (Å²) in [5, 5.41) is 10.8. The first-order valence-electron chi connectivity index (χ1n) is 9.75. The molecule has 4 rings (SSSR count). The van der Waals surface area contributed by atoms with Crippen LogP contribution in [-0.2, 0) is 11.0 Å². The van der Waals surface area contributed by atoms with Crippen molar-refractivity contribution in [2.75, 3.05) is 31.1 Å². The molecule has 0 unspecified atom stereocenters. The second kappa shape index (κ2) is 8.51. The van der Waals surface area contributed by atoms with Gasteiger partial charge in [0.2, 0.25) is 0 Å². The van der Waals surface area contributed by atoms with Crippen LogP contribution in [0.4, 0.5) is 19.0 Å². The number of benzene rings is 1. The van der Waals surface area contributed by atoms with Gasteiger partial charge in [-0.3, -0.25) is 9.69 Å². The highest BCUT2D eigenvalue weighted by molar-refractivity contribution is 9.10. The lowest BCUT2D eigenvalue weighted by molar-refractivity contribution is -0.143. The number of aliphatic carboxylic acids is 1. The number of alkyl halides is 3. The topological polar surface area (TPSA) is 72.5 Å². The normalized spacial score (nSPS) is 17.0. The van der Waals surface area contributed by atoms with Crippen molar-refractivity contribution in [3.05, 3.63) is 58.3 Å². The van der Waals surface area contributed by atoms with E-state index in [0.717, 1.165) is 27.6 Å². The van der Waals surface area contributed by atoms with Gasteiger partial charge in [0.1, 0.15) is 11.9 Å². The van der Waals surface area contributed by atoms with E-state index in [1.165, 1.54) is 6.07 Å². The Morgan fingerprint density at radius 3 is 2.65 bits per heavy atom. The molecule has 2 aromatic heterocycles. The quantitative estimate of drug-likeness (QED) is 0.548. The van der Waals surface area contributed by atoms with Gasteiger partial charge in [-0.05, 0) is 36.8 Å². The van der Waals surface area contributed by atoms with Gasteiger partial charge in [0.25, 0.3) is 0 Å². The number of aromatic nitrogens is 2. The maximum atomic E-state index is 12.8. The average molecular weight is 497 g/mol. The third-order valence-electron chi connectivity index (χ3n) is 5.50. The van der Waals surface area contributed by atoms with Crippen LogP contribution in [0.15, 0.2) is 47.2 Å². The zero-order valence-electron chi connectivity index (χ0n) is 16.4. The minimum absolute atomic E-state index is 0.445. The molecule has 0 saturated carbocycles. The van der Waals surface area contributed by atoms with Gasteiger partial charge in [-0.15, -0.1) is 0 Å². The van der Waals surface area contributed by atoms with E-state index in [2.05, 4.69) is 25.9 Å². The highest BCUT2D eigenvalue weighted by Crippen LogP contribution is 2.32. The number of nitrogens with zero attached hydrogens (tertiary/aromatic N) is 3. The van der Waals surface area contributed by atoms with E-state index in [1.807, 2.05) is 28.0 Å². The fourth-order valence-corrected chi connectivity index (χ4v) is 4.35. The maximum absolute atomic E-state index is 12.8. The van der Waals surface area contributed by atoms with Gasteiger partial charge in [0, 0.05) is 59.5 Å². The van der Waals surface area contributed by atoms with Gasteiger partial charge < -0.3 is 15.0 Å². The van der Waals surface area contributed by atoms with E-state index in [1.54, 1.807) is 6.20 Å². The molecule has 1 aliphatic rings. The molecule has 0 bridgehead atoms. The van der Waals surface area contributed by atoms with Crippen LogP contribution in [0.3, 0.4) is 0 Å². The molecule has 0 radical (unpaired) electrons. The number of carboxylic acids is 1. The lowest BCUT2D eigenvalue weighted by Crippen LogP contribution is -2.37. The Morgan fingerprint density at radius 1 is 1.16 bits per heavy atom. The van der Waals surface area contributed by atoms with Crippen LogP contribution < -0.4 is 4.90 Å². The molecular weight excluding hydrogens is 477 g/mol. The number of aromatic amines is 1. The number of nitrogens with one attached hydrogen (secondary N) is 1. The van der Waals surface area contributed by atoms with Gasteiger partial charge >= 0.3 is 12.1 Å². The molecule has 6 nitrogen and oxygen atoms in total. The van der Waals surface area contributed by atoms with Gasteiger partial charge in [-0.2, -0.15) is 13.2 Å². The molecule has 0 amide bonds. The molecule has 3 heterocycles. The van der Waals surface area contributed by atoms with Crippen molar-refractivity contribution < 1.29 is 23.1 Å². The summed E-state index contributed by atoms with van der Waals surface area (Å²) >= 11 is 3.44. The van der Waals surface area contributed by atoms with Gasteiger partial charge in [-0.1, -0.05) is 15.9 Å². The number of carboxylic acid groups (broad SMARTS) is 1. The molecule has 2 N–H and O–H groups in total. The Morgan fingerprint density at radius 2 is 1.97 bits per heavy atom. The number of hydrogen-bond acceptors (Lipinski definition) is 4. The van der Waals surface area contributed by atoms with Gasteiger partial charge in [0.05, 0.1) is 5.56 Å². The number of anilines is 1. The highest BCUT2D eigenvalue weighted by Gasteiger charge is 2.33. The van der Waals surface area contributed by atoms with Crippen LogP contribution in [0.1, 0.15) is 23.6 Å². The summed E-state index contributed by atoms with van der Waals surface area (Å²) in [5.41, 5.74) is 0.754. The molecule has 1 fully saturated rings. The summed E-state index contributed by atoms with van der Waals surface area (Å²) in [6.07, 6.45) is -1.19. The van der Waals surface area contributed by atoms with Crippen molar-refractivity contribution in [1.82, 2.24) is 14.9 Å². The van der Waals surface area contributed by atoms with E-state index in [0.29, 0.717) is 44.0 Å². The number of hydrogen-bond donors (Lipinski definition) is 2. The van der Waals surface area contributed by atoms with Crippen LogP contribution >= 0.6 is 15.9 Å². The number of pyridine rings is 1. The molecule has 31 heavy (non-hydrogen) atoms. The van der Waals surface area contributed by atoms with Crippen LogP contribution in [-0.4, -0.2) is 52.1 Å². The van der Waals surface area contributed by atoms with Crippen molar-refractivity contribution in [2.24, 2.45) is 0 Å². The molecule has 164 valence electrons. The van der Waals surface area contributed by atoms with E-state index in [9.17, 15) is 23.1 Å². The molecule has 3 aromatic rings. The van der Waals surface area contributed by atoms with E-state index < -0.39 is 23.8 Å². The number of H-pyrrole nitrogens is 1. The first kappa shape index (κ1) is 21.6. The number of fused-ring (bicyclic) bond motifs is 1. The summed E-state index contributed by atoms with van der Waals surface area (Å²) in [6, 6.07) is 7.23. The highest BCUT2D eigenvalue weighted by atomic mass is 79.9. The molecule has 0 spiro atoms. The third kappa shape index (κ3) is 4.54. The minimum atomic E-state index is -4.43. The second-order valence-corrected chi connectivity index (χ2v) is 8.37. The molecule has 1 aliphatic heterocycles. The molecule has 10 heteroatoms. The van der Waals surface area contributed by atoms with Crippen LogP contribution in [0.25, 0.3) is 10.9 Å². The summed E-state index contributed by atoms with van der Waals surface area (Å²) in [5.74, 6) is -0.486. The Labute approximate surface area is 184 Å². The third-order valence-corrected chi connectivity index (χ3v) is 5.99. The summed E-state index contributed by atoms with van der Waals surface area (Å²) in [4.78, 5) is 23.1. The average Bonchev–Trinajstić information content (AvgIpc) is 2.96. The molecule has 1 saturated heterocycles. The lowest BCUT2D eigenvalue weighted by atomic mass is 10.0. The van der Waals surface area contributed by atoms with Crippen LogP contribution in [0.2, 0.25) is 0 Å². The van der Waals surface area contributed by atoms with E-state index >= 15 is 0 Å². The Bertz CT molecular complexity index is 1080. The summed E-state index contributed by atoms with van der Waals surface area (Å²) in [6.45, 7) is 2.05. The van der Waals surface area contributed by atoms with E-state index in [4.69, 9.17) is 0 Å². The first-order chi connectivity index (χ1) is 14.7. The summed E-state index contributed by atoms with van der Waals surface area (Å²) in [7, 11) is 0. The standard InChI is InChI=1S/C21H20BrF3N4O2/c22-14-3-4-17-15(10-14)16(12-26-17)19(20(30)31)29-7-1-6-28(8-9-29)18-5-2-13(11-27-18)21(23,24)25/h2-5,10-12,19,26H,1,6-9H2,(H,30,31)/t19-/m1/s1. The van der Waals surface area contributed by atoms with Crippen molar-refractivity contribution in [3.8, 4) is 0 Å². The van der Waals surface area contributed by atoms with E-state index in [-0.39, 0.29) is 0 Å². The maximum Gasteiger partial charge on any atom is 0.417 e. The predicted octanol–water partition coefficient (Wildman–Crippen LogP) is 4.68. The predicted molar refractivity (Wildman–Crippen MR) is 114 cm³/mol. The number of carbonyl (C=O) groups is 1. The Kier molecular flexibility index (Phi) is 5.94. The Hall–Kier alpha value is -2.59. The summed E-state index contributed by atoms with van der Waals surface area (Å²) < 4.78 is 39.2. The van der Waals surface area contributed by atoms with Crippen molar-refractivity contribution in [1.29, 1.82) is 0 Å². The zero-order chi connectivity index (χ0) is 22.2. The van der Waals surface area contributed by atoms with Crippen molar-refractivity contribution in [2.45, 2.75) is 18.6 Å². The second-order valence-electron chi connectivity index (χ2n) is 7.45. The van der Waals surface area contributed by atoms with Gasteiger partial charge in [0.15, 0.2) is 0 Å². The first-order valence-corrected chi connectivity index (χ1v) is 10.5. The number of rotatable bonds is 4. The SMILES string of the molecule is O=C(O)[C@@H](c1c[nH]c2ccc(Br)cc12)N1CCCN(c2ccc(C(F)(F)F)cn2)CC1. The lowest BCUT2D eigenvalue weighted by Gasteiger charge is -2.27. The van der Waals surface area contributed by atoms with Crippen LogP contribution in [0, 0.1) is 0 Å². The Balaban J connectivity index is 1.55. The monoisotopic (exact) mass is 496 g/mol. The zero-order valence-corrected chi connectivity index (χ0v) is 17.9. The smallest absolute Gasteiger partial charge is 0.417 e. The largest absolute Gasteiger partial charge is 0.480 e. The van der Waals surface area contributed by atoms with Crippen molar-refractivity contribution in [3.63, 3.8) is 0 Å². The number of halogens is 4. The van der Waals surface area contributed by atoms with Crippen molar-refractivity contribution >= 4 is 38.6 Å². The van der Waals surface area contributed by atoms with Crippen LogP contribution in [0.5, 0.6) is 0 Å². The minimum Gasteiger partial charge on any atom is -0.480 e. The molecular formula is C21H20BrF3N4O2. The molecule has 1 aromatic carbocycles. The van der Waals surface area contributed by atoms with Gasteiger partial charge in [-0.25, -0.2) is 4.98 Å². The molecule has 1 atom stereocenters. The fraction of sp³-hybridized carbons (Fsp3) is 0.333. The fourth-order valence-electron chi connectivity index (χ4n) is 3.99.